The second-order valence-electron chi connectivity index (χ2n) is 4.04. The highest BCUT2D eigenvalue weighted by molar-refractivity contribution is 8.00. The van der Waals surface area contributed by atoms with E-state index in [9.17, 15) is 9.90 Å². The minimum absolute atomic E-state index is 0.125. The lowest BCUT2D eigenvalue weighted by atomic mass is 9.88. The van der Waals surface area contributed by atoms with E-state index in [-0.39, 0.29) is 10.5 Å². The van der Waals surface area contributed by atoms with Crippen LogP contribution in [-0.4, -0.2) is 21.4 Å². The average molecular weight is 214 g/mol. The maximum atomic E-state index is 11.7. The van der Waals surface area contributed by atoms with E-state index >= 15 is 0 Å². The van der Waals surface area contributed by atoms with Gasteiger partial charge in [0.2, 0.25) is 0 Å². The molecule has 80 valence electrons. The number of carbonyl (C=O) groups is 1. The normalized spacial score (nSPS) is 18.9. The molecule has 0 amide bonds. The molecule has 0 bridgehead atoms. The van der Waals surface area contributed by atoms with Crippen LogP contribution in [0.25, 0.3) is 0 Å². The molecule has 1 aliphatic rings. The van der Waals surface area contributed by atoms with Gasteiger partial charge in [-0.25, -0.2) is 0 Å². The van der Waals surface area contributed by atoms with Gasteiger partial charge in [0, 0.05) is 23.2 Å². The molecule has 0 aliphatic heterocycles. The number of Topliss-reactive ketones (excluding diaryl/α,β-unsaturated/α-hetero) is 1. The van der Waals surface area contributed by atoms with Crippen LogP contribution in [0, 0.1) is 0 Å². The van der Waals surface area contributed by atoms with Crippen molar-refractivity contribution in [2.24, 2.45) is 0 Å². The summed E-state index contributed by atoms with van der Waals surface area (Å²) in [6.07, 6.45) is 2.04. The Bertz CT molecular complexity index is 266. The summed E-state index contributed by atoms with van der Waals surface area (Å²) in [5.74, 6) is 1.39. The number of aliphatic hydroxyl groups is 1. The van der Waals surface area contributed by atoms with Crippen LogP contribution < -0.4 is 0 Å². The molecule has 0 atom stereocenters. The van der Waals surface area contributed by atoms with Crippen LogP contribution in [0.3, 0.4) is 0 Å². The van der Waals surface area contributed by atoms with Gasteiger partial charge in [0.25, 0.3) is 0 Å². The molecule has 0 heterocycles. The Morgan fingerprint density at radius 1 is 1.43 bits per heavy atom. The Balaban J connectivity index is 2.98. The lowest BCUT2D eigenvalue weighted by Gasteiger charge is -2.29. The van der Waals surface area contributed by atoms with Crippen molar-refractivity contribution in [3.05, 3.63) is 11.3 Å². The van der Waals surface area contributed by atoms with Crippen molar-refractivity contribution in [2.75, 3.05) is 5.75 Å². The van der Waals surface area contributed by atoms with E-state index < -0.39 is 0 Å². The van der Waals surface area contributed by atoms with Crippen molar-refractivity contribution in [1.82, 2.24) is 0 Å². The first-order chi connectivity index (χ1) is 6.49. The molecule has 3 heteroatoms. The summed E-state index contributed by atoms with van der Waals surface area (Å²) in [6, 6.07) is 0. The first-order valence-corrected chi connectivity index (χ1v) is 6.07. The molecule has 1 N–H and O–H groups in total. The Kier molecular flexibility index (Phi) is 3.65. The summed E-state index contributed by atoms with van der Waals surface area (Å²) >= 11 is 1.71. The van der Waals surface area contributed by atoms with Crippen LogP contribution >= 0.6 is 11.8 Å². The Morgan fingerprint density at radius 2 is 2.07 bits per heavy atom. The van der Waals surface area contributed by atoms with E-state index in [0.717, 1.165) is 12.2 Å². The van der Waals surface area contributed by atoms with E-state index in [1.807, 2.05) is 13.8 Å². The number of thioether (sulfide) groups is 1. The van der Waals surface area contributed by atoms with Crippen molar-refractivity contribution >= 4 is 17.5 Å². The van der Waals surface area contributed by atoms with E-state index in [1.54, 1.807) is 11.8 Å². The number of hydrogen-bond donors (Lipinski definition) is 1. The number of aliphatic hydroxyl groups excluding tert-OH is 1. The molecule has 0 saturated carbocycles. The minimum atomic E-state index is -0.240. The maximum Gasteiger partial charge on any atom is 0.163 e. The van der Waals surface area contributed by atoms with Crippen LogP contribution in [0.1, 0.15) is 40.0 Å². The van der Waals surface area contributed by atoms with Gasteiger partial charge < -0.3 is 5.11 Å². The third kappa shape index (κ3) is 2.32. The topological polar surface area (TPSA) is 37.3 Å². The minimum Gasteiger partial charge on any atom is -0.512 e. The smallest absolute Gasteiger partial charge is 0.163 e. The third-order valence-corrected chi connectivity index (χ3v) is 3.71. The summed E-state index contributed by atoms with van der Waals surface area (Å²) in [4.78, 5) is 11.7. The molecule has 0 fully saturated rings. The average Bonchev–Trinajstić information content (AvgIpc) is 2.02. The van der Waals surface area contributed by atoms with Gasteiger partial charge in [-0.2, -0.15) is 11.8 Å². The van der Waals surface area contributed by atoms with Gasteiger partial charge >= 0.3 is 0 Å². The van der Waals surface area contributed by atoms with Crippen molar-refractivity contribution in [3.8, 4) is 0 Å². The van der Waals surface area contributed by atoms with Gasteiger partial charge in [-0.15, -0.1) is 0 Å². The monoisotopic (exact) mass is 214 g/mol. The summed E-state index contributed by atoms with van der Waals surface area (Å²) < 4.78 is -0.240. The fraction of sp³-hybridized carbons (Fsp3) is 0.727. The molecule has 1 aliphatic carbocycles. The summed E-state index contributed by atoms with van der Waals surface area (Å²) in [7, 11) is 0. The van der Waals surface area contributed by atoms with Crippen LogP contribution in [0.4, 0.5) is 0 Å². The van der Waals surface area contributed by atoms with Crippen LogP contribution in [-0.2, 0) is 4.79 Å². The van der Waals surface area contributed by atoms with Crippen LogP contribution in [0.5, 0.6) is 0 Å². The van der Waals surface area contributed by atoms with E-state index in [2.05, 4.69) is 6.92 Å². The van der Waals surface area contributed by atoms with Gasteiger partial charge in [-0.05, 0) is 26.0 Å². The largest absolute Gasteiger partial charge is 0.512 e. The van der Waals surface area contributed by atoms with Crippen LogP contribution in [0.2, 0.25) is 0 Å². The molecular weight excluding hydrogens is 196 g/mol. The molecule has 0 unspecified atom stereocenters. The summed E-state index contributed by atoms with van der Waals surface area (Å²) in [5.41, 5.74) is 0.649. The number of carbonyl (C=O) groups excluding carboxylic acids is 1. The van der Waals surface area contributed by atoms with Crippen LogP contribution in [0.15, 0.2) is 11.3 Å². The third-order valence-electron chi connectivity index (χ3n) is 2.49. The Hall–Kier alpha value is -0.440. The molecule has 14 heavy (non-hydrogen) atoms. The first kappa shape index (κ1) is 11.6. The molecule has 1 rings (SSSR count). The van der Waals surface area contributed by atoms with Crippen molar-refractivity contribution in [1.29, 1.82) is 0 Å². The van der Waals surface area contributed by atoms with Crippen molar-refractivity contribution in [2.45, 2.75) is 44.8 Å². The van der Waals surface area contributed by atoms with Gasteiger partial charge in [-0.1, -0.05) is 6.92 Å². The number of rotatable bonds is 3. The predicted molar refractivity (Wildman–Crippen MR) is 60.7 cm³/mol. The van der Waals surface area contributed by atoms with E-state index in [4.69, 9.17) is 0 Å². The highest BCUT2D eigenvalue weighted by atomic mass is 32.2. The maximum absolute atomic E-state index is 11.7. The molecular formula is C11H18O2S. The summed E-state index contributed by atoms with van der Waals surface area (Å²) in [5, 5.41) is 9.75. The molecule has 0 aromatic rings. The quantitative estimate of drug-likeness (QED) is 0.784. The molecule has 0 aromatic heterocycles. The number of hydrogen-bond acceptors (Lipinski definition) is 3. The molecule has 0 aromatic carbocycles. The Labute approximate surface area is 89.8 Å². The first-order valence-electron chi connectivity index (χ1n) is 5.08. The van der Waals surface area contributed by atoms with Gasteiger partial charge in [-0.3, -0.25) is 4.79 Å². The standard InChI is InChI=1S/C11H18O2S/c1-4-14-11(2,3)10-8(12)6-5-7-9(10)13/h12H,4-7H2,1-3H3. The predicted octanol–water partition coefficient (Wildman–Crippen LogP) is 3.08. The van der Waals surface area contributed by atoms with E-state index in [1.165, 1.54) is 0 Å². The zero-order valence-corrected chi connectivity index (χ0v) is 9.91. The number of ketones is 1. The Morgan fingerprint density at radius 3 is 2.57 bits per heavy atom. The highest BCUT2D eigenvalue weighted by Gasteiger charge is 2.33. The zero-order valence-electron chi connectivity index (χ0n) is 9.09. The van der Waals surface area contributed by atoms with Crippen molar-refractivity contribution in [3.63, 3.8) is 0 Å². The fourth-order valence-corrected chi connectivity index (χ4v) is 3.04. The van der Waals surface area contributed by atoms with E-state index in [0.29, 0.717) is 24.2 Å². The molecule has 0 saturated heterocycles. The number of allylic oxidation sites excluding steroid dienone is 1. The summed E-state index contributed by atoms with van der Waals surface area (Å²) in [6.45, 7) is 6.09. The second kappa shape index (κ2) is 4.39. The second-order valence-corrected chi connectivity index (χ2v) is 5.93. The lowest BCUT2D eigenvalue weighted by Crippen LogP contribution is -2.28. The zero-order chi connectivity index (χ0) is 10.8. The SMILES string of the molecule is CCSC(C)(C)C1=C(O)CCCC1=O. The fourth-order valence-electron chi connectivity index (χ4n) is 1.94. The highest BCUT2D eigenvalue weighted by Crippen LogP contribution is 2.37. The molecule has 0 radical (unpaired) electrons. The molecule has 0 spiro atoms. The van der Waals surface area contributed by atoms with Gasteiger partial charge in [0.05, 0.1) is 0 Å². The van der Waals surface area contributed by atoms with Crippen molar-refractivity contribution < 1.29 is 9.90 Å². The lowest BCUT2D eigenvalue weighted by molar-refractivity contribution is -0.116. The van der Waals surface area contributed by atoms with Gasteiger partial charge in [0.15, 0.2) is 5.78 Å². The van der Waals surface area contributed by atoms with Gasteiger partial charge in [0.1, 0.15) is 5.76 Å². The molecule has 2 nitrogen and oxygen atoms in total.